The molecule has 2 aliphatic heterocycles. The summed E-state index contributed by atoms with van der Waals surface area (Å²) in [6.45, 7) is 0.476. The van der Waals surface area contributed by atoms with Gasteiger partial charge < -0.3 is 14.8 Å². The highest BCUT2D eigenvalue weighted by atomic mass is 127. The number of amides is 1. The Kier molecular flexibility index (Phi) is 3.43. The van der Waals surface area contributed by atoms with Crippen LogP contribution in [0.2, 0.25) is 0 Å². The SMILES string of the molecule is O=C1COCC2(N1)c1cc(Br)ccc1Oc1ccc(I)cc12. The number of benzene rings is 2. The van der Waals surface area contributed by atoms with Gasteiger partial charge in [-0.1, -0.05) is 15.9 Å². The van der Waals surface area contributed by atoms with E-state index >= 15 is 0 Å². The summed E-state index contributed by atoms with van der Waals surface area (Å²) >= 11 is 5.76. The standard InChI is InChI=1S/C16H11BrINO3/c17-9-1-3-13-11(5-9)16(8-21-7-15(20)19-16)12-6-10(18)2-4-14(12)22-13/h1-6H,7-8H2,(H,19,20). The maximum Gasteiger partial charge on any atom is 0.247 e. The van der Waals surface area contributed by atoms with Crippen LogP contribution in [0.25, 0.3) is 0 Å². The Morgan fingerprint density at radius 3 is 2.64 bits per heavy atom. The molecule has 0 saturated carbocycles. The van der Waals surface area contributed by atoms with Crippen LogP contribution in [-0.4, -0.2) is 19.1 Å². The molecule has 0 aliphatic carbocycles. The van der Waals surface area contributed by atoms with Crippen molar-refractivity contribution in [1.82, 2.24) is 5.32 Å². The van der Waals surface area contributed by atoms with E-state index in [2.05, 4.69) is 43.8 Å². The first kappa shape index (κ1) is 14.5. The Morgan fingerprint density at radius 1 is 1.14 bits per heavy atom. The van der Waals surface area contributed by atoms with E-state index in [0.29, 0.717) is 6.61 Å². The lowest BCUT2D eigenvalue weighted by Crippen LogP contribution is -2.56. The quantitative estimate of drug-likeness (QED) is 0.598. The fourth-order valence-corrected chi connectivity index (χ4v) is 3.86. The lowest BCUT2D eigenvalue weighted by Gasteiger charge is -2.42. The maximum atomic E-state index is 12.0. The molecule has 0 aromatic heterocycles. The van der Waals surface area contributed by atoms with Crippen molar-refractivity contribution in [3.05, 3.63) is 55.6 Å². The molecular formula is C16H11BrINO3. The third-order valence-corrected chi connectivity index (χ3v) is 5.09. The van der Waals surface area contributed by atoms with Gasteiger partial charge in [-0.25, -0.2) is 0 Å². The molecule has 1 amide bonds. The van der Waals surface area contributed by atoms with Gasteiger partial charge in [0.05, 0.1) is 6.61 Å². The fraction of sp³-hybridized carbons (Fsp3) is 0.188. The third-order valence-electron chi connectivity index (χ3n) is 3.93. The van der Waals surface area contributed by atoms with Gasteiger partial charge in [0.1, 0.15) is 23.6 Å². The molecule has 1 unspecified atom stereocenters. The number of fused-ring (bicyclic) bond motifs is 4. The zero-order chi connectivity index (χ0) is 15.3. The van der Waals surface area contributed by atoms with E-state index in [0.717, 1.165) is 30.7 Å². The zero-order valence-electron chi connectivity index (χ0n) is 11.4. The first-order valence-electron chi connectivity index (χ1n) is 6.75. The van der Waals surface area contributed by atoms with Crippen molar-refractivity contribution in [1.29, 1.82) is 0 Å². The van der Waals surface area contributed by atoms with Crippen molar-refractivity contribution in [2.24, 2.45) is 0 Å². The molecule has 1 fully saturated rings. The summed E-state index contributed by atoms with van der Waals surface area (Å²) in [4.78, 5) is 12.0. The van der Waals surface area contributed by atoms with Gasteiger partial charge in [0.15, 0.2) is 0 Å². The van der Waals surface area contributed by atoms with Gasteiger partial charge in [0.25, 0.3) is 0 Å². The minimum absolute atomic E-state index is 0.0885. The average molecular weight is 472 g/mol. The van der Waals surface area contributed by atoms with Gasteiger partial charge in [-0.2, -0.15) is 0 Å². The summed E-state index contributed by atoms with van der Waals surface area (Å²) in [5.74, 6) is 1.37. The van der Waals surface area contributed by atoms with Gasteiger partial charge >= 0.3 is 0 Å². The van der Waals surface area contributed by atoms with Gasteiger partial charge in [-0.15, -0.1) is 0 Å². The van der Waals surface area contributed by atoms with E-state index in [1.807, 2.05) is 36.4 Å². The Hall–Kier alpha value is -1.12. The average Bonchev–Trinajstić information content (AvgIpc) is 2.49. The van der Waals surface area contributed by atoms with Crippen LogP contribution < -0.4 is 10.1 Å². The molecule has 2 aromatic rings. The predicted molar refractivity (Wildman–Crippen MR) is 93.1 cm³/mol. The molecule has 22 heavy (non-hydrogen) atoms. The second kappa shape index (κ2) is 5.21. The van der Waals surface area contributed by atoms with Crippen molar-refractivity contribution in [2.75, 3.05) is 13.2 Å². The van der Waals surface area contributed by atoms with Crippen LogP contribution in [-0.2, 0) is 15.1 Å². The number of hydrogen-bond acceptors (Lipinski definition) is 3. The lowest BCUT2D eigenvalue weighted by molar-refractivity contribution is -0.134. The van der Waals surface area contributed by atoms with Crippen LogP contribution in [0.15, 0.2) is 40.9 Å². The van der Waals surface area contributed by atoms with E-state index in [-0.39, 0.29) is 12.5 Å². The molecule has 1 N–H and O–H groups in total. The molecule has 2 aliphatic rings. The van der Waals surface area contributed by atoms with E-state index in [1.165, 1.54) is 0 Å². The Morgan fingerprint density at radius 2 is 1.86 bits per heavy atom. The van der Waals surface area contributed by atoms with Crippen molar-refractivity contribution in [3.63, 3.8) is 0 Å². The highest BCUT2D eigenvalue weighted by Crippen LogP contribution is 2.48. The van der Waals surface area contributed by atoms with E-state index in [9.17, 15) is 4.79 Å². The topological polar surface area (TPSA) is 47.6 Å². The molecule has 2 heterocycles. The maximum absolute atomic E-state index is 12.0. The minimum Gasteiger partial charge on any atom is -0.457 e. The smallest absolute Gasteiger partial charge is 0.247 e. The highest BCUT2D eigenvalue weighted by Gasteiger charge is 2.46. The summed E-state index contributed by atoms with van der Waals surface area (Å²) in [6, 6.07) is 11.8. The lowest BCUT2D eigenvalue weighted by atomic mass is 9.80. The summed E-state index contributed by atoms with van der Waals surface area (Å²) in [5.41, 5.74) is 1.13. The molecule has 0 radical (unpaired) electrons. The summed E-state index contributed by atoms with van der Waals surface area (Å²) in [7, 11) is 0. The number of ether oxygens (including phenoxy) is 2. The molecule has 4 rings (SSSR count). The highest BCUT2D eigenvalue weighted by molar-refractivity contribution is 14.1. The number of nitrogens with one attached hydrogen (secondary N) is 1. The normalized spacial score (nSPS) is 22.5. The van der Waals surface area contributed by atoms with Crippen molar-refractivity contribution >= 4 is 44.4 Å². The summed E-state index contributed by atoms with van der Waals surface area (Å²) < 4.78 is 13.6. The van der Waals surface area contributed by atoms with Crippen molar-refractivity contribution < 1.29 is 14.3 Å². The largest absolute Gasteiger partial charge is 0.457 e. The summed E-state index contributed by atoms with van der Waals surface area (Å²) in [6.07, 6.45) is 0. The molecule has 1 saturated heterocycles. The van der Waals surface area contributed by atoms with Gasteiger partial charge in [-0.05, 0) is 59.0 Å². The van der Waals surface area contributed by atoms with Crippen LogP contribution in [0, 0.1) is 3.57 Å². The molecule has 1 spiro atoms. The number of rotatable bonds is 0. The minimum atomic E-state index is -0.705. The number of hydrogen-bond donors (Lipinski definition) is 1. The van der Waals surface area contributed by atoms with Gasteiger partial charge in [0, 0.05) is 19.2 Å². The second-order valence-electron chi connectivity index (χ2n) is 5.33. The fourth-order valence-electron chi connectivity index (χ4n) is 3.01. The summed E-state index contributed by atoms with van der Waals surface area (Å²) in [5, 5.41) is 3.13. The number of morpholine rings is 1. The molecular weight excluding hydrogens is 461 g/mol. The van der Waals surface area contributed by atoms with Crippen molar-refractivity contribution in [3.8, 4) is 11.5 Å². The number of halogens is 2. The Bertz CT molecular complexity index is 741. The molecule has 1 atom stereocenters. The first-order valence-corrected chi connectivity index (χ1v) is 8.62. The van der Waals surface area contributed by atoms with Crippen LogP contribution in [0.3, 0.4) is 0 Å². The molecule has 2 aromatic carbocycles. The van der Waals surface area contributed by atoms with Gasteiger partial charge in [0.2, 0.25) is 5.91 Å². The van der Waals surface area contributed by atoms with Crippen molar-refractivity contribution in [2.45, 2.75) is 5.54 Å². The van der Waals surface area contributed by atoms with E-state index in [1.54, 1.807) is 0 Å². The van der Waals surface area contributed by atoms with E-state index < -0.39 is 5.54 Å². The third kappa shape index (κ3) is 2.16. The predicted octanol–water partition coefficient (Wildman–Crippen LogP) is 3.55. The molecule has 0 bridgehead atoms. The number of carbonyl (C=O) groups is 1. The van der Waals surface area contributed by atoms with Crippen LogP contribution in [0.4, 0.5) is 0 Å². The van der Waals surface area contributed by atoms with E-state index in [4.69, 9.17) is 9.47 Å². The Labute approximate surface area is 149 Å². The molecule has 112 valence electrons. The monoisotopic (exact) mass is 471 g/mol. The van der Waals surface area contributed by atoms with Crippen LogP contribution in [0.5, 0.6) is 11.5 Å². The Balaban J connectivity index is 2.01. The first-order chi connectivity index (χ1) is 10.6. The molecule has 4 nitrogen and oxygen atoms in total. The number of carbonyl (C=O) groups excluding carboxylic acids is 1. The van der Waals surface area contributed by atoms with Crippen LogP contribution >= 0.6 is 38.5 Å². The molecule has 6 heteroatoms. The zero-order valence-corrected chi connectivity index (χ0v) is 15.1. The van der Waals surface area contributed by atoms with Crippen LogP contribution in [0.1, 0.15) is 11.1 Å². The van der Waals surface area contributed by atoms with Gasteiger partial charge in [-0.3, -0.25) is 4.79 Å². The second-order valence-corrected chi connectivity index (χ2v) is 7.49.